The number of hydrogen-bond donors (Lipinski definition) is 4. The van der Waals surface area contributed by atoms with Gasteiger partial charge in [-0.05, 0) is 13.8 Å². The number of aromatic nitrogens is 1. The number of carboxylic acids is 1. The fourth-order valence-corrected chi connectivity index (χ4v) is 2.98. The minimum absolute atomic E-state index is 0.0328. The average molecular weight is 421 g/mol. The number of rotatable bonds is 7. The number of oxime groups is 1. The molecule has 0 radical (unpaired) electrons. The van der Waals surface area contributed by atoms with Gasteiger partial charge in [0.25, 0.3) is 11.8 Å². The van der Waals surface area contributed by atoms with Gasteiger partial charge in [0.15, 0.2) is 10.8 Å². The number of nitrogens with one attached hydrogen (secondary N) is 1. The van der Waals surface area contributed by atoms with E-state index in [1.54, 1.807) is 0 Å². The maximum atomic E-state index is 12.4. The second kappa shape index (κ2) is 7.09. The first kappa shape index (κ1) is 20.5. The van der Waals surface area contributed by atoms with Crippen LogP contribution in [-0.2, 0) is 29.5 Å². The molecule has 148 valence electrons. The molecule has 2 heterocycles. The van der Waals surface area contributed by atoms with Gasteiger partial charge >= 0.3 is 16.3 Å². The normalized spacial score (nSPS) is 18.0. The van der Waals surface area contributed by atoms with Crippen LogP contribution in [0.5, 0.6) is 0 Å². The number of carboxylic acid groups (broad SMARTS) is 1. The van der Waals surface area contributed by atoms with Gasteiger partial charge in [0, 0.05) is 5.38 Å². The number of amides is 2. The summed E-state index contributed by atoms with van der Waals surface area (Å²) in [4.78, 5) is 44.0. The Morgan fingerprint density at radius 1 is 1.52 bits per heavy atom. The van der Waals surface area contributed by atoms with Gasteiger partial charge in [0.05, 0.1) is 6.54 Å². The van der Waals surface area contributed by atoms with Crippen molar-refractivity contribution < 1.29 is 37.3 Å². The molecule has 0 aromatic carbocycles. The fourth-order valence-electron chi connectivity index (χ4n) is 1.74. The van der Waals surface area contributed by atoms with Gasteiger partial charge in [0.2, 0.25) is 5.60 Å². The summed E-state index contributed by atoms with van der Waals surface area (Å²) in [5.41, 5.74) is 3.25. The number of thiazole rings is 1. The van der Waals surface area contributed by atoms with Crippen molar-refractivity contribution in [2.24, 2.45) is 5.16 Å². The molecule has 1 fully saturated rings. The highest BCUT2D eigenvalue weighted by Crippen LogP contribution is 2.17. The summed E-state index contributed by atoms with van der Waals surface area (Å²) in [6.45, 7) is 1.92. The number of carbonyl (C=O) groups is 3. The first-order valence-corrected chi connectivity index (χ1v) is 9.41. The van der Waals surface area contributed by atoms with Gasteiger partial charge in [-0.3, -0.25) is 14.1 Å². The number of carbonyl (C=O) groups excluding carboxylic acids is 2. The number of nitrogen functional groups attached to an aromatic ring is 1. The third kappa shape index (κ3) is 4.50. The molecule has 1 saturated heterocycles. The smallest absolute Gasteiger partial charge is 0.362 e. The lowest BCUT2D eigenvalue weighted by molar-refractivity contribution is -0.161. The van der Waals surface area contributed by atoms with Crippen molar-refractivity contribution in [2.45, 2.75) is 25.5 Å². The monoisotopic (exact) mass is 421 g/mol. The molecule has 13 nitrogen and oxygen atoms in total. The van der Waals surface area contributed by atoms with Gasteiger partial charge in [0.1, 0.15) is 11.7 Å². The molecule has 1 aliphatic heterocycles. The zero-order valence-corrected chi connectivity index (χ0v) is 15.6. The summed E-state index contributed by atoms with van der Waals surface area (Å²) < 4.78 is 30.8. The maximum Gasteiger partial charge on any atom is 0.362 e. The molecule has 0 unspecified atom stereocenters. The van der Waals surface area contributed by atoms with Crippen molar-refractivity contribution in [3.63, 3.8) is 0 Å². The second-order valence-electron chi connectivity index (χ2n) is 5.79. The van der Waals surface area contributed by atoms with Crippen LogP contribution in [0.4, 0.5) is 5.13 Å². The highest BCUT2D eigenvalue weighted by Gasteiger charge is 2.45. The molecule has 0 bridgehead atoms. The van der Waals surface area contributed by atoms with Crippen molar-refractivity contribution in [2.75, 3.05) is 12.3 Å². The first-order valence-electron chi connectivity index (χ1n) is 7.13. The lowest BCUT2D eigenvalue weighted by Crippen LogP contribution is -2.65. The topological polar surface area (TPSA) is 202 Å². The molecule has 1 aromatic heterocycles. The minimum Gasteiger partial charge on any atom is -0.478 e. The quantitative estimate of drug-likeness (QED) is 0.172. The molecular formula is C12H15N5O8S2. The van der Waals surface area contributed by atoms with Crippen LogP contribution in [0, 0.1) is 0 Å². The Hall–Kier alpha value is -2.78. The molecule has 2 amide bonds. The Labute approximate surface area is 156 Å². The van der Waals surface area contributed by atoms with E-state index in [2.05, 4.69) is 15.5 Å². The van der Waals surface area contributed by atoms with E-state index >= 15 is 0 Å². The summed E-state index contributed by atoms with van der Waals surface area (Å²) in [5.74, 6) is -3.37. The first-order chi connectivity index (χ1) is 12.3. The van der Waals surface area contributed by atoms with Gasteiger partial charge in [-0.1, -0.05) is 5.16 Å². The van der Waals surface area contributed by atoms with Crippen LogP contribution in [0.15, 0.2) is 10.5 Å². The van der Waals surface area contributed by atoms with Crippen molar-refractivity contribution >= 4 is 50.3 Å². The number of nitrogens with two attached hydrogens (primary N) is 1. The maximum absolute atomic E-state index is 12.4. The molecule has 1 aromatic rings. The molecule has 2 rings (SSSR count). The van der Waals surface area contributed by atoms with Crippen LogP contribution in [0.1, 0.15) is 19.5 Å². The number of aliphatic carboxylic acids is 1. The Morgan fingerprint density at radius 2 is 2.15 bits per heavy atom. The summed E-state index contributed by atoms with van der Waals surface area (Å²) in [7, 11) is -4.71. The molecule has 1 aliphatic rings. The molecule has 5 N–H and O–H groups in total. The van der Waals surface area contributed by atoms with Crippen LogP contribution in [0.2, 0.25) is 0 Å². The van der Waals surface area contributed by atoms with Crippen molar-refractivity contribution in [1.29, 1.82) is 0 Å². The third-order valence-electron chi connectivity index (χ3n) is 3.34. The number of anilines is 1. The van der Waals surface area contributed by atoms with E-state index in [0.29, 0.717) is 0 Å². The molecular weight excluding hydrogens is 406 g/mol. The van der Waals surface area contributed by atoms with Crippen molar-refractivity contribution in [3.8, 4) is 0 Å². The van der Waals surface area contributed by atoms with Crippen molar-refractivity contribution in [1.82, 2.24) is 14.6 Å². The van der Waals surface area contributed by atoms with Crippen LogP contribution in [0.25, 0.3) is 0 Å². The van der Waals surface area contributed by atoms with Gasteiger partial charge < -0.3 is 21.0 Å². The van der Waals surface area contributed by atoms with E-state index in [0.717, 1.165) is 11.3 Å². The second-order valence-corrected chi connectivity index (χ2v) is 8.02. The zero-order valence-electron chi connectivity index (χ0n) is 13.9. The molecule has 0 saturated carbocycles. The molecule has 15 heteroatoms. The van der Waals surface area contributed by atoms with Crippen LogP contribution < -0.4 is 11.1 Å². The summed E-state index contributed by atoms with van der Waals surface area (Å²) in [6, 6.07) is -1.23. The fraction of sp³-hybridized carbons (Fsp3) is 0.417. The predicted octanol–water partition coefficient (Wildman–Crippen LogP) is -1.56. The minimum atomic E-state index is -4.71. The molecule has 0 aliphatic carbocycles. The van der Waals surface area contributed by atoms with Gasteiger partial charge in [-0.25, -0.2) is 14.1 Å². The van der Waals surface area contributed by atoms with Crippen LogP contribution in [0.3, 0.4) is 0 Å². The number of hydrogen-bond acceptors (Lipinski definition) is 10. The Kier molecular flexibility index (Phi) is 5.39. The van der Waals surface area contributed by atoms with E-state index < -0.39 is 52.0 Å². The Morgan fingerprint density at radius 3 is 2.59 bits per heavy atom. The van der Waals surface area contributed by atoms with E-state index in [1.807, 2.05) is 0 Å². The largest absolute Gasteiger partial charge is 0.478 e. The number of β-lactam (4-membered cyclic amide) rings is 1. The summed E-state index contributed by atoms with van der Waals surface area (Å²) >= 11 is 0.979. The zero-order chi connectivity index (χ0) is 20.6. The van der Waals surface area contributed by atoms with Gasteiger partial charge in [-0.15, -0.1) is 11.3 Å². The van der Waals surface area contributed by atoms with Crippen LogP contribution in [-0.4, -0.2) is 69.0 Å². The molecule has 0 spiro atoms. The Bertz CT molecular complexity index is 922. The van der Waals surface area contributed by atoms with E-state index in [9.17, 15) is 22.8 Å². The van der Waals surface area contributed by atoms with Crippen LogP contribution >= 0.6 is 11.3 Å². The van der Waals surface area contributed by atoms with Gasteiger partial charge in [-0.2, -0.15) is 8.42 Å². The van der Waals surface area contributed by atoms with Crippen molar-refractivity contribution in [3.05, 3.63) is 11.1 Å². The molecule has 1 atom stereocenters. The Balaban J connectivity index is 2.20. The average Bonchev–Trinajstić information content (AvgIpc) is 2.95. The highest BCUT2D eigenvalue weighted by atomic mass is 32.2. The highest BCUT2D eigenvalue weighted by molar-refractivity contribution is 7.84. The summed E-state index contributed by atoms with van der Waals surface area (Å²) in [5, 5.41) is 16.2. The standard InChI is InChI=1S/C12H15N5O8S2/c1-12(2,10(20)21)25-16-7(6-4-26-11(13)15-6)8(18)14-5-3-17(9(5)19)27(22,23)24/h4-5H,3H2,1-2H3,(H2,13,15)(H,14,18)(H,20,21)(H,22,23,24)/t5-/m0/s1. The third-order valence-corrected chi connectivity index (χ3v) is 4.90. The van der Waals surface area contributed by atoms with E-state index in [4.69, 9.17) is 20.2 Å². The predicted molar refractivity (Wildman–Crippen MR) is 91.1 cm³/mol. The summed E-state index contributed by atoms with van der Waals surface area (Å²) in [6.07, 6.45) is 0. The number of nitrogens with zero attached hydrogens (tertiary/aromatic N) is 3. The van der Waals surface area contributed by atoms with E-state index in [-0.39, 0.29) is 15.1 Å². The lowest BCUT2D eigenvalue weighted by atomic mass is 10.1. The SMILES string of the molecule is CC(C)(ON=C(C(=O)N[C@H]1CN(S(=O)(=O)O)C1=O)c1csc(N)n1)C(=O)O. The van der Waals surface area contributed by atoms with E-state index in [1.165, 1.54) is 19.2 Å². The molecule has 27 heavy (non-hydrogen) atoms. The lowest BCUT2D eigenvalue weighted by Gasteiger charge is -2.35.